The molecule has 52 heavy (non-hydrogen) atoms. The number of rotatable bonds is 6. The van der Waals surface area contributed by atoms with Crippen molar-refractivity contribution in [1.29, 1.82) is 10.5 Å². The van der Waals surface area contributed by atoms with E-state index < -0.39 is 0 Å². The molecule has 0 saturated carbocycles. The molecule has 4 aliphatic carbocycles. The summed E-state index contributed by atoms with van der Waals surface area (Å²) in [6, 6.07) is 11.8. The van der Waals surface area contributed by atoms with Crippen LogP contribution in [0.15, 0.2) is 69.7 Å². The van der Waals surface area contributed by atoms with Gasteiger partial charge in [0.15, 0.2) is 0 Å². The van der Waals surface area contributed by atoms with Crippen LogP contribution in [-0.2, 0) is 10.8 Å². The van der Waals surface area contributed by atoms with E-state index in [-0.39, 0.29) is 34.3 Å². The summed E-state index contributed by atoms with van der Waals surface area (Å²) in [5.74, 6) is 1.61. The van der Waals surface area contributed by atoms with E-state index >= 15 is 0 Å². The summed E-state index contributed by atoms with van der Waals surface area (Å²) < 4.78 is 11.4. The van der Waals surface area contributed by atoms with Crippen LogP contribution in [0.5, 0.6) is 11.5 Å². The first kappa shape index (κ1) is 33.8. The van der Waals surface area contributed by atoms with Gasteiger partial charge in [-0.15, -0.1) is 34.0 Å². The minimum absolute atomic E-state index is 0.181. The highest BCUT2D eigenvalue weighted by Gasteiger charge is 2.47. The smallest absolute Gasteiger partial charge is 0.495 e. The molecule has 0 spiro atoms. The van der Waals surface area contributed by atoms with Crippen molar-refractivity contribution in [2.45, 2.75) is 38.5 Å². The van der Waals surface area contributed by atoms with Crippen LogP contribution in [0, 0.1) is 47.6 Å². The first-order valence-corrected chi connectivity index (χ1v) is 19.5. The molecule has 8 rings (SSSR count). The maximum absolute atomic E-state index is 9.22. The molecule has 0 fully saturated rings. The average molecular weight is 753 g/mol. The normalized spacial score (nSPS) is 19.3. The number of thiophene rings is 4. The molecule has 12 heteroatoms. The number of hydrogen-bond donors (Lipinski definition) is 0. The molecule has 0 saturated heterocycles. The summed E-state index contributed by atoms with van der Waals surface area (Å²) in [6.07, 6.45) is 9.90. The van der Waals surface area contributed by atoms with Gasteiger partial charge in [-0.05, 0) is 58.7 Å². The number of ether oxygens (including phenoxy) is 2. The minimum Gasteiger partial charge on any atom is -0.495 e. The van der Waals surface area contributed by atoms with Gasteiger partial charge in [0.25, 0.3) is 5.00 Å². The lowest BCUT2D eigenvalue weighted by Gasteiger charge is -2.33. The third-order valence-electron chi connectivity index (χ3n) is 10.2. The van der Waals surface area contributed by atoms with Gasteiger partial charge in [0.05, 0.1) is 30.0 Å². The highest BCUT2D eigenvalue weighted by molar-refractivity contribution is 7.25. The highest BCUT2D eigenvalue weighted by atomic mass is 32.1. The molecule has 4 aliphatic rings. The number of fused-ring (bicyclic) bond motifs is 7. The zero-order valence-electron chi connectivity index (χ0n) is 28.9. The average Bonchev–Trinajstić information content (AvgIpc) is 3.98. The molecule has 0 aromatic carbocycles. The van der Waals surface area contributed by atoms with Gasteiger partial charge >= 0.3 is 5.96 Å². The molecule has 4 aromatic rings. The van der Waals surface area contributed by atoms with Crippen LogP contribution >= 0.6 is 45.3 Å². The van der Waals surface area contributed by atoms with Crippen molar-refractivity contribution >= 4 is 78.2 Å². The van der Waals surface area contributed by atoms with Crippen LogP contribution < -0.4 is 9.47 Å². The maximum atomic E-state index is 9.22. The number of nitrogens with zero attached hydrogens (tertiary/aromatic N) is 6. The van der Waals surface area contributed by atoms with Gasteiger partial charge in [0.1, 0.15) is 28.6 Å². The van der Waals surface area contributed by atoms with E-state index in [4.69, 9.17) is 22.6 Å². The molecule has 2 unspecified atom stereocenters. The number of methoxy groups -OCH3 is 2. The quantitative estimate of drug-likeness (QED) is 0.111. The maximum Gasteiger partial charge on any atom is 0.635 e. The van der Waals surface area contributed by atoms with Crippen molar-refractivity contribution in [1.82, 2.24) is 0 Å². The van der Waals surface area contributed by atoms with Gasteiger partial charge < -0.3 is 9.47 Å². The summed E-state index contributed by atoms with van der Waals surface area (Å²) in [5, 5.41) is 19.6. The Hall–Kier alpha value is -5.34. The van der Waals surface area contributed by atoms with Gasteiger partial charge in [0.2, 0.25) is 5.71 Å². The second-order valence-electron chi connectivity index (χ2n) is 13.7. The number of nitriles is 2. The molecule has 2 atom stereocenters. The summed E-state index contributed by atoms with van der Waals surface area (Å²) in [7, 11) is 3.26. The molecule has 8 nitrogen and oxygen atoms in total. The van der Waals surface area contributed by atoms with Gasteiger partial charge in [-0.3, -0.25) is 0 Å². The van der Waals surface area contributed by atoms with E-state index in [9.17, 15) is 10.5 Å². The first-order chi connectivity index (χ1) is 24.9. The predicted octanol–water partition coefficient (Wildman–Crippen LogP) is 11.4. The van der Waals surface area contributed by atoms with Crippen LogP contribution in [-0.4, -0.2) is 25.9 Å². The van der Waals surface area contributed by atoms with Crippen LogP contribution in [0.4, 0.5) is 10.0 Å². The first-order valence-electron chi connectivity index (χ1n) is 16.2. The third kappa shape index (κ3) is 4.99. The van der Waals surface area contributed by atoms with Crippen LogP contribution in [0.1, 0.15) is 48.6 Å². The molecule has 0 radical (unpaired) electrons. The van der Waals surface area contributed by atoms with E-state index in [1.54, 1.807) is 49.0 Å². The molecule has 0 amide bonds. The van der Waals surface area contributed by atoms with Crippen molar-refractivity contribution in [3.8, 4) is 43.1 Å². The Morgan fingerprint density at radius 2 is 1.12 bits per heavy atom. The second kappa shape index (κ2) is 12.1. The van der Waals surface area contributed by atoms with Crippen LogP contribution in [0.3, 0.4) is 0 Å². The van der Waals surface area contributed by atoms with Gasteiger partial charge in [-0.1, -0.05) is 63.3 Å². The van der Waals surface area contributed by atoms with E-state index in [2.05, 4.69) is 83.8 Å². The molecule has 0 N–H and O–H groups in total. The highest BCUT2D eigenvalue weighted by Crippen LogP contribution is 2.62. The van der Waals surface area contributed by atoms with Gasteiger partial charge in [-0.2, -0.15) is 10.5 Å². The van der Waals surface area contributed by atoms with Crippen LogP contribution in [0.2, 0.25) is 0 Å². The molecule has 4 aromatic heterocycles. The lowest BCUT2D eigenvalue weighted by atomic mass is 9.70. The second-order valence-corrected chi connectivity index (χ2v) is 17.9. The summed E-state index contributed by atoms with van der Waals surface area (Å²) in [6.45, 7) is 23.6. The minimum atomic E-state index is -0.211. The van der Waals surface area contributed by atoms with Crippen LogP contribution in [0.25, 0.3) is 40.3 Å². The van der Waals surface area contributed by atoms with Crippen molar-refractivity contribution in [3.05, 3.63) is 103 Å². The summed E-state index contributed by atoms with van der Waals surface area (Å²) >= 11 is 6.38. The predicted molar refractivity (Wildman–Crippen MR) is 212 cm³/mol. The zero-order valence-corrected chi connectivity index (χ0v) is 32.2. The molecule has 4 heterocycles. The van der Waals surface area contributed by atoms with E-state index in [1.165, 1.54) is 65.8 Å². The topological polar surface area (TPSA) is 99.5 Å². The Kier molecular flexibility index (Phi) is 7.88. The molecule has 0 bridgehead atoms. The Labute approximate surface area is 317 Å². The van der Waals surface area contributed by atoms with Crippen molar-refractivity contribution in [2.24, 2.45) is 21.8 Å². The van der Waals surface area contributed by atoms with Gasteiger partial charge in [0, 0.05) is 53.2 Å². The largest absolute Gasteiger partial charge is 0.635 e. The number of guanidine groups is 1. The number of allylic oxidation sites excluding steroid dienone is 8. The molecular formula is C40H28N6O2S4. The molecule has 254 valence electrons. The summed E-state index contributed by atoms with van der Waals surface area (Å²) in [4.78, 5) is 21.5. The standard InChI is InChI=1S/C40H28N6O2S4/c1-39(2)24-11-20-10-23-25(40(3,4)27-14-31(50-35(23)27)37-29(48-8)16-33(52-37)46-38(43-5)44-6)12-19(20)9-22(24)34-26(39)13-30(49-34)36-28(47-7)15-32(51-36)45-21(17-41)18-42/h9-16,19-20H,1-4,7-8H3. The Bertz CT molecular complexity index is 2410. The van der Waals surface area contributed by atoms with Crippen molar-refractivity contribution in [2.75, 3.05) is 14.2 Å². The fourth-order valence-electron chi connectivity index (χ4n) is 7.62. The van der Waals surface area contributed by atoms with E-state index in [1.807, 2.05) is 12.1 Å². The Balaban J connectivity index is 1.16. The third-order valence-corrected chi connectivity index (χ3v) is 14.9. The SMILES string of the molecule is [C-]#[N+]C(=Nc1cc(OC)c(-c2cc3c(s2)C2=CC4C=C5C(=CC4C=C2C3(C)C)c2sc(-c3sc(N=C(C#N)C#N)cc3OC)cc2C5(C)C)s1)[N+]#[C-]. The van der Waals surface area contributed by atoms with E-state index in [0.717, 1.165) is 19.5 Å². The van der Waals surface area contributed by atoms with Gasteiger partial charge in [-0.25, -0.2) is 14.7 Å². The molecule has 0 aliphatic heterocycles. The number of aliphatic imine (C=N–C) groups is 2. The Morgan fingerprint density at radius 3 is 1.52 bits per heavy atom. The lowest BCUT2D eigenvalue weighted by Crippen LogP contribution is -2.23. The summed E-state index contributed by atoms with van der Waals surface area (Å²) in [5.41, 5.74) is 7.32. The number of hydrogen-bond acceptors (Lipinski definition) is 10. The van der Waals surface area contributed by atoms with Crippen molar-refractivity contribution < 1.29 is 9.47 Å². The fraction of sp³-hybridized carbons (Fsp3) is 0.250. The zero-order chi connectivity index (χ0) is 36.7. The fourth-order valence-corrected chi connectivity index (χ4v) is 12.5. The monoisotopic (exact) mass is 752 g/mol. The van der Waals surface area contributed by atoms with E-state index in [0.29, 0.717) is 21.5 Å². The molecular weight excluding hydrogens is 725 g/mol. The lowest BCUT2D eigenvalue weighted by molar-refractivity contribution is 0.418. The van der Waals surface area contributed by atoms with Crippen molar-refractivity contribution in [3.63, 3.8) is 0 Å². The Morgan fingerprint density at radius 1 is 0.673 bits per heavy atom.